The second-order valence-electron chi connectivity index (χ2n) is 9.26. The molecule has 0 bridgehead atoms. The number of hydrogen-bond donors (Lipinski definition) is 0. The molecule has 6 nitrogen and oxygen atoms in total. The molecule has 1 aliphatic heterocycles. The number of methoxy groups -OCH3 is 1. The summed E-state index contributed by atoms with van der Waals surface area (Å²) in [4.78, 5) is 23.2. The van der Waals surface area contributed by atoms with Crippen molar-refractivity contribution in [2.24, 2.45) is 0 Å². The molecule has 1 saturated heterocycles. The van der Waals surface area contributed by atoms with Gasteiger partial charge in [-0.05, 0) is 29.7 Å². The molecule has 0 spiro atoms. The lowest BCUT2D eigenvalue weighted by molar-refractivity contribution is -0.118. The molecule has 1 aromatic heterocycles. The maximum atomic E-state index is 14.0. The summed E-state index contributed by atoms with van der Waals surface area (Å²) in [5, 5.41) is 0.745. The Hall–Kier alpha value is -2.97. The van der Waals surface area contributed by atoms with Crippen molar-refractivity contribution in [3.63, 3.8) is 0 Å². The van der Waals surface area contributed by atoms with Crippen LogP contribution >= 0.6 is 23.7 Å². The smallest absolute Gasteiger partial charge is 0.229 e. The summed E-state index contributed by atoms with van der Waals surface area (Å²) in [5.74, 6) is 0.833. The Balaban J connectivity index is 0.00000336. The number of halogens is 1. The van der Waals surface area contributed by atoms with Crippen molar-refractivity contribution in [2.45, 2.75) is 18.8 Å². The van der Waals surface area contributed by atoms with Crippen LogP contribution in [0.15, 0.2) is 78.9 Å². The van der Waals surface area contributed by atoms with Crippen molar-refractivity contribution in [1.29, 1.82) is 0 Å². The van der Waals surface area contributed by atoms with Gasteiger partial charge in [0.15, 0.2) is 5.13 Å². The molecule has 8 heteroatoms. The summed E-state index contributed by atoms with van der Waals surface area (Å²) < 4.78 is 11.9. The lowest BCUT2D eigenvalue weighted by atomic mass is 9.88. The summed E-state index contributed by atoms with van der Waals surface area (Å²) in [6, 6.07) is 26.5. The molecule has 4 aromatic rings. The SMILES string of the molecule is COc1ccc2sc(N(CCCN3CCOCC3)C(=O)CC(c3ccccc3)c3ccccc3)nc2c1.Cl. The maximum Gasteiger partial charge on any atom is 0.229 e. The fourth-order valence-electron chi connectivity index (χ4n) is 4.83. The maximum absolute atomic E-state index is 14.0. The zero-order valence-corrected chi connectivity index (χ0v) is 23.3. The Morgan fingerprint density at radius 3 is 2.32 bits per heavy atom. The minimum atomic E-state index is -0.0221. The predicted octanol–water partition coefficient (Wildman–Crippen LogP) is 6.00. The molecule has 38 heavy (non-hydrogen) atoms. The summed E-state index contributed by atoms with van der Waals surface area (Å²) in [7, 11) is 1.66. The molecular weight excluding hydrogens is 518 g/mol. The molecular formula is C30H34ClN3O3S. The van der Waals surface area contributed by atoms with Crippen molar-refractivity contribution in [3.05, 3.63) is 90.0 Å². The van der Waals surface area contributed by atoms with Gasteiger partial charge in [0.1, 0.15) is 5.75 Å². The zero-order chi connectivity index (χ0) is 25.5. The first-order valence-electron chi connectivity index (χ1n) is 12.9. The average Bonchev–Trinajstić information content (AvgIpc) is 3.38. The quantitative estimate of drug-likeness (QED) is 0.242. The van der Waals surface area contributed by atoms with Gasteiger partial charge in [-0.15, -0.1) is 12.4 Å². The van der Waals surface area contributed by atoms with Crippen LogP contribution in [0.5, 0.6) is 5.75 Å². The molecule has 3 aromatic carbocycles. The number of nitrogens with zero attached hydrogens (tertiary/aromatic N) is 3. The number of carbonyl (C=O) groups is 1. The highest BCUT2D eigenvalue weighted by Crippen LogP contribution is 2.34. The van der Waals surface area contributed by atoms with Crippen LogP contribution in [-0.4, -0.2) is 62.3 Å². The number of anilines is 1. The highest BCUT2D eigenvalue weighted by atomic mass is 35.5. The normalized spacial score (nSPS) is 13.8. The highest BCUT2D eigenvalue weighted by Gasteiger charge is 2.25. The highest BCUT2D eigenvalue weighted by molar-refractivity contribution is 7.22. The van der Waals surface area contributed by atoms with Gasteiger partial charge in [-0.2, -0.15) is 0 Å². The Labute approximate surface area is 234 Å². The van der Waals surface area contributed by atoms with Crippen molar-refractivity contribution < 1.29 is 14.3 Å². The molecule has 2 heterocycles. The zero-order valence-electron chi connectivity index (χ0n) is 21.6. The monoisotopic (exact) mass is 551 g/mol. The predicted molar refractivity (Wildman–Crippen MR) is 157 cm³/mol. The molecule has 1 fully saturated rings. The standard InChI is InChI=1S/C30H33N3O3S.ClH/c1-35-25-13-14-28-27(21-25)31-30(37-28)33(16-8-15-32-17-19-36-20-18-32)29(34)22-26(23-9-4-2-5-10-23)24-11-6-3-7-12-24;/h2-7,9-14,21,26H,8,15-20,22H2,1H3;1H. The lowest BCUT2D eigenvalue weighted by Crippen LogP contribution is -2.39. The number of amides is 1. The molecule has 0 unspecified atom stereocenters. The van der Waals surface area contributed by atoms with E-state index < -0.39 is 0 Å². The molecule has 0 aliphatic carbocycles. The third-order valence-electron chi connectivity index (χ3n) is 6.86. The van der Waals surface area contributed by atoms with Crippen molar-refractivity contribution in [1.82, 2.24) is 9.88 Å². The first kappa shape index (κ1) is 28.0. The third kappa shape index (κ3) is 6.91. The molecule has 1 amide bonds. The average molecular weight is 552 g/mol. The minimum absolute atomic E-state index is 0. The molecule has 1 aliphatic rings. The minimum Gasteiger partial charge on any atom is -0.497 e. The fraction of sp³-hybridized carbons (Fsp3) is 0.333. The van der Waals surface area contributed by atoms with E-state index in [0.717, 1.165) is 71.5 Å². The van der Waals surface area contributed by atoms with Crippen LogP contribution in [0.25, 0.3) is 10.2 Å². The molecule has 0 saturated carbocycles. The van der Waals surface area contributed by atoms with Gasteiger partial charge in [-0.25, -0.2) is 4.98 Å². The van der Waals surface area contributed by atoms with Gasteiger partial charge in [0, 0.05) is 44.6 Å². The van der Waals surface area contributed by atoms with Gasteiger partial charge in [-0.1, -0.05) is 72.0 Å². The number of benzene rings is 3. The van der Waals surface area contributed by atoms with E-state index in [1.807, 2.05) is 59.5 Å². The van der Waals surface area contributed by atoms with Crippen LogP contribution in [0, 0.1) is 0 Å². The number of fused-ring (bicyclic) bond motifs is 1. The van der Waals surface area contributed by atoms with Crippen LogP contribution < -0.4 is 9.64 Å². The van der Waals surface area contributed by atoms with Crippen molar-refractivity contribution in [2.75, 3.05) is 51.4 Å². The molecule has 0 N–H and O–H groups in total. The number of aromatic nitrogens is 1. The third-order valence-corrected chi connectivity index (χ3v) is 7.92. The van der Waals surface area contributed by atoms with Gasteiger partial charge in [0.2, 0.25) is 5.91 Å². The largest absolute Gasteiger partial charge is 0.497 e. The number of rotatable bonds is 10. The number of thiazole rings is 1. The van der Waals surface area contributed by atoms with E-state index in [1.54, 1.807) is 18.4 Å². The van der Waals surface area contributed by atoms with E-state index in [2.05, 4.69) is 29.2 Å². The number of hydrogen-bond acceptors (Lipinski definition) is 6. The van der Waals surface area contributed by atoms with Crippen LogP contribution in [0.2, 0.25) is 0 Å². The Bertz CT molecular complexity index is 1260. The van der Waals surface area contributed by atoms with Crippen molar-refractivity contribution >= 4 is 45.0 Å². The van der Waals surface area contributed by atoms with Gasteiger partial charge in [0.05, 0.1) is 30.5 Å². The summed E-state index contributed by atoms with van der Waals surface area (Å²) in [6.07, 6.45) is 1.26. The number of morpholine rings is 1. The van der Waals surface area contributed by atoms with E-state index in [0.29, 0.717) is 13.0 Å². The van der Waals surface area contributed by atoms with Crippen LogP contribution in [-0.2, 0) is 9.53 Å². The first-order chi connectivity index (χ1) is 18.2. The van der Waals surface area contributed by atoms with E-state index >= 15 is 0 Å². The lowest BCUT2D eigenvalue weighted by Gasteiger charge is -2.28. The summed E-state index contributed by atoms with van der Waals surface area (Å²) >= 11 is 1.56. The Kier molecular flexibility index (Phi) is 10.1. The summed E-state index contributed by atoms with van der Waals surface area (Å²) in [5.41, 5.74) is 3.14. The van der Waals surface area contributed by atoms with Crippen LogP contribution in [0.1, 0.15) is 29.9 Å². The Morgan fingerprint density at radius 2 is 1.68 bits per heavy atom. The van der Waals surface area contributed by atoms with E-state index in [1.165, 1.54) is 0 Å². The molecule has 0 radical (unpaired) electrons. The van der Waals surface area contributed by atoms with E-state index in [9.17, 15) is 4.79 Å². The molecule has 5 rings (SSSR count). The number of ether oxygens (including phenoxy) is 2. The van der Waals surface area contributed by atoms with Gasteiger partial charge >= 0.3 is 0 Å². The summed E-state index contributed by atoms with van der Waals surface area (Å²) in [6.45, 7) is 5.00. The Morgan fingerprint density at radius 1 is 1.03 bits per heavy atom. The first-order valence-corrected chi connectivity index (χ1v) is 13.7. The topological polar surface area (TPSA) is 54.9 Å². The number of carbonyl (C=O) groups excluding carboxylic acids is 1. The van der Waals surface area contributed by atoms with E-state index in [4.69, 9.17) is 14.5 Å². The van der Waals surface area contributed by atoms with Gasteiger partial charge in [-0.3, -0.25) is 14.6 Å². The van der Waals surface area contributed by atoms with Crippen LogP contribution in [0.3, 0.4) is 0 Å². The fourth-order valence-corrected chi connectivity index (χ4v) is 5.81. The van der Waals surface area contributed by atoms with Gasteiger partial charge < -0.3 is 9.47 Å². The molecule has 200 valence electrons. The van der Waals surface area contributed by atoms with Crippen LogP contribution in [0.4, 0.5) is 5.13 Å². The van der Waals surface area contributed by atoms with Gasteiger partial charge in [0.25, 0.3) is 0 Å². The van der Waals surface area contributed by atoms with Crippen molar-refractivity contribution in [3.8, 4) is 5.75 Å². The van der Waals surface area contributed by atoms with E-state index in [-0.39, 0.29) is 24.2 Å². The second kappa shape index (κ2) is 13.7. The second-order valence-corrected chi connectivity index (χ2v) is 10.3. The molecule has 0 atom stereocenters.